The molecular formula is C31H34F2N2O4. The van der Waals surface area contributed by atoms with E-state index < -0.39 is 28.4 Å². The Kier molecular flexibility index (Phi) is 8.63. The summed E-state index contributed by atoms with van der Waals surface area (Å²) in [6, 6.07) is 12.3. The molecule has 1 aliphatic carbocycles. The van der Waals surface area contributed by atoms with Gasteiger partial charge in [0.25, 0.3) is 5.56 Å². The van der Waals surface area contributed by atoms with Gasteiger partial charge in [-0.1, -0.05) is 19.1 Å². The number of carbonyl (C=O) groups excluding carboxylic acids is 2. The second kappa shape index (κ2) is 11.9. The number of hydrogen-bond acceptors (Lipinski definition) is 5. The number of anilines is 1. The van der Waals surface area contributed by atoms with Crippen LogP contribution in [0.25, 0.3) is 5.69 Å². The predicted molar refractivity (Wildman–Crippen MR) is 146 cm³/mol. The standard InChI is InChI=1S/C31H34F2N2O4/c1-3-31(2,30(38)39-23-8-4-5-9-23)18-6-7-20-10-13-22(14-11-20)35-27(36)17-16-25(29(35)34)28(37)24-15-12-21(32)19-26(24)33/h10-17,19,23H,3-9,18,34H2,1-2H3/t31-/m1/s1. The summed E-state index contributed by atoms with van der Waals surface area (Å²) in [7, 11) is 0. The van der Waals surface area contributed by atoms with E-state index in [-0.39, 0.29) is 29.0 Å². The maximum atomic E-state index is 14.2. The number of esters is 1. The van der Waals surface area contributed by atoms with E-state index in [2.05, 4.69) is 0 Å². The molecule has 0 unspecified atom stereocenters. The number of benzene rings is 2. The van der Waals surface area contributed by atoms with Crippen LogP contribution in [0.5, 0.6) is 0 Å². The Morgan fingerprint density at radius 2 is 1.69 bits per heavy atom. The highest BCUT2D eigenvalue weighted by Crippen LogP contribution is 2.32. The van der Waals surface area contributed by atoms with E-state index in [1.807, 2.05) is 26.0 Å². The number of nitrogens with two attached hydrogens (primary N) is 1. The quantitative estimate of drug-likeness (QED) is 0.248. The van der Waals surface area contributed by atoms with Gasteiger partial charge in [-0.25, -0.2) is 8.78 Å². The molecule has 1 aliphatic rings. The molecule has 0 saturated heterocycles. The van der Waals surface area contributed by atoms with Gasteiger partial charge in [0.15, 0.2) is 5.78 Å². The van der Waals surface area contributed by atoms with E-state index in [0.29, 0.717) is 24.6 Å². The van der Waals surface area contributed by atoms with Crippen molar-refractivity contribution in [3.8, 4) is 5.69 Å². The molecule has 0 spiro atoms. The van der Waals surface area contributed by atoms with Crippen molar-refractivity contribution in [3.63, 3.8) is 0 Å². The molecule has 0 bridgehead atoms. The molecule has 6 nitrogen and oxygen atoms in total. The molecule has 3 aromatic rings. The van der Waals surface area contributed by atoms with Crippen LogP contribution in [0.15, 0.2) is 59.4 Å². The van der Waals surface area contributed by atoms with Gasteiger partial charge in [0.05, 0.1) is 22.2 Å². The Balaban J connectivity index is 1.46. The Labute approximate surface area is 226 Å². The number of nitrogen functional groups attached to an aromatic ring is 1. The molecule has 8 heteroatoms. The summed E-state index contributed by atoms with van der Waals surface area (Å²) in [4.78, 5) is 38.4. The summed E-state index contributed by atoms with van der Waals surface area (Å²) in [6.45, 7) is 3.98. The SMILES string of the molecule is CC[C@](C)(CCCc1ccc(-n2c(N)c(C(=O)c3ccc(F)cc3F)ccc2=O)cc1)C(=O)OC1CCCC1. The number of nitrogens with zero attached hydrogens (tertiary/aromatic N) is 1. The summed E-state index contributed by atoms with van der Waals surface area (Å²) < 4.78 is 34.5. The molecule has 0 aliphatic heterocycles. The first kappa shape index (κ1) is 28.2. The second-order valence-electron chi connectivity index (χ2n) is 10.5. The van der Waals surface area contributed by atoms with Gasteiger partial charge in [0.2, 0.25) is 0 Å². The topological polar surface area (TPSA) is 91.4 Å². The zero-order chi connectivity index (χ0) is 28.2. The minimum Gasteiger partial charge on any atom is -0.462 e. The summed E-state index contributed by atoms with van der Waals surface area (Å²) in [5.74, 6) is -2.81. The number of halogens is 2. The van der Waals surface area contributed by atoms with Crippen molar-refractivity contribution in [3.05, 3.63) is 93.3 Å². The van der Waals surface area contributed by atoms with Crippen molar-refractivity contribution < 1.29 is 23.1 Å². The molecule has 1 aromatic heterocycles. The van der Waals surface area contributed by atoms with Crippen molar-refractivity contribution in [2.45, 2.75) is 71.3 Å². The molecule has 0 amide bonds. The van der Waals surface area contributed by atoms with Crippen LogP contribution in [0.1, 0.15) is 80.3 Å². The van der Waals surface area contributed by atoms with Crippen LogP contribution < -0.4 is 11.3 Å². The molecule has 1 fully saturated rings. The van der Waals surface area contributed by atoms with Gasteiger partial charge in [-0.2, -0.15) is 0 Å². The third-order valence-corrected chi connectivity index (χ3v) is 7.79. The lowest BCUT2D eigenvalue weighted by Gasteiger charge is -2.27. The number of pyridine rings is 1. The highest BCUT2D eigenvalue weighted by Gasteiger charge is 2.34. The molecule has 1 atom stereocenters. The first-order chi connectivity index (χ1) is 18.6. The smallest absolute Gasteiger partial charge is 0.312 e. The molecule has 206 valence electrons. The van der Waals surface area contributed by atoms with E-state index in [1.54, 1.807) is 12.1 Å². The Morgan fingerprint density at radius 1 is 1.03 bits per heavy atom. The lowest BCUT2D eigenvalue weighted by Crippen LogP contribution is -2.32. The van der Waals surface area contributed by atoms with Crippen LogP contribution >= 0.6 is 0 Å². The van der Waals surface area contributed by atoms with E-state index in [1.165, 1.54) is 16.7 Å². The van der Waals surface area contributed by atoms with Gasteiger partial charge in [-0.15, -0.1) is 0 Å². The van der Waals surface area contributed by atoms with Crippen molar-refractivity contribution in [1.29, 1.82) is 0 Å². The van der Waals surface area contributed by atoms with Crippen LogP contribution in [0.4, 0.5) is 14.6 Å². The van der Waals surface area contributed by atoms with Gasteiger partial charge in [0.1, 0.15) is 23.6 Å². The normalized spacial score (nSPS) is 15.2. The van der Waals surface area contributed by atoms with Crippen LogP contribution in [0.3, 0.4) is 0 Å². The largest absolute Gasteiger partial charge is 0.462 e. The lowest BCUT2D eigenvalue weighted by atomic mass is 9.82. The Hall–Kier alpha value is -3.81. The van der Waals surface area contributed by atoms with Crippen molar-refractivity contribution >= 4 is 17.6 Å². The third-order valence-electron chi connectivity index (χ3n) is 7.79. The number of hydrogen-bond donors (Lipinski definition) is 1. The molecule has 39 heavy (non-hydrogen) atoms. The minimum absolute atomic E-state index is 0.0512. The molecular weight excluding hydrogens is 502 g/mol. The zero-order valence-electron chi connectivity index (χ0n) is 22.3. The molecule has 2 aromatic carbocycles. The Morgan fingerprint density at radius 3 is 2.33 bits per heavy atom. The van der Waals surface area contributed by atoms with Gasteiger partial charge in [-0.05, 0) is 94.2 Å². The number of ether oxygens (including phenoxy) is 1. The number of carbonyl (C=O) groups is 2. The summed E-state index contributed by atoms with van der Waals surface area (Å²) in [5.41, 5.74) is 6.30. The van der Waals surface area contributed by atoms with Crippen molar-refractivity contribution in [1.82, 2.24) is 4.57 Å². The Bertz CT molecular complexity index is 1410. The van der Waals surface area contributed by atoms with E-state index >= 15 is 0 Å². The minimum atomic E-state index is -1.01. The lowest BCUT2D eigenvalue weighted by molar-refractivity contribution is -0.161. The fraction of sp³-hybridized carbons (Fsp3) is 0.387. The molecule has 4 rings (SSSR count). The summed E-state index contributed by atoms with van der Waals surface area (Å²) >= 11 is 0. The first-order valence-electron chi connectivity index (χ1n) is 13.4. The summed E-state index contributed by atoms with van der Waals surface area (Å²) in [5, 5.41) is 0. The molecule has 0 radical (unpaired) electrons. The number of rotatable bonds is 10. The van der Waals surface area contributed by atoms with Gasteiger partial charge >= 0.3 is 5.97 Å². The maximum absolute atomic E-state index is 14.2. The fourth-order valence-electron chi connectivity index (χ4n) is 5.05. The fourth-order valence-corrected chi connectivity index (χ4v) is 5.05. The maximum Gasteiger partial charge on any atom is 0.312 e. The van der Waals surface area contributed by atoms with Gasteiger partial charge in [0, 0.05) is 12.1 Å². The van der Waals surface area contributed by atoms with E-state index in [0.717, 1.165) is 56.2 Å². The third kappa shape index (κ3) is 6.27. The average Bonchev–Trinajstić information content (AvgIpc) is 3.42. The van der Waals surface area contributed by atoms with E-state index in [9.17, 15) is 23.2 Å². The van der Waals surface area contributed by atoms with Crippen molar-refractivity contribution in [2.75, 3.05) is 5.73 Å². The molecule has 1 heterocycles. The second-order valence-corrected chi connectivity index (χ2v) is 10.5. The average molecular weight is 537 g/mol. The van der Waals surface area contributed by atoms with Crippen molar-refractivity contribution in [2.24, 2.45) is 5.41 Å². The first-order valence-corrected chi connectivity index (χ1v) is 13.4. The van der Waals surface area contributed by atoms with E-state index in [4.69, 9.17) is 10.5 Å². The number of aryl methyl sites for hydroxylation is 1. The highest BCUT2D eigenvalue weighted by atomic mass is 19.1. The van der Waals surface area contributed by atoms with Gasteiger partial charge in [-0.3, -0.25) is 19.0 Å². The number of aromatic nitrogens is 1. The van der Waals surface area contributed by atoms with Crippen LogP contribution in [-0.2, 0) is 16.0 Å². The van der Waals surface area contributed by atoms with Crippen LogP contribution in [-0.4, -0.2) is 22.4 Å². The molecule has 2 N–H and O–H groups in total. The predicted octanol–water partition coefficient (Wildman–Crippen LogP) is 6.15. The summed E-state index contributed by atoms with van der Waals surface area (Å²) in [6.07, 6.45) is 7.11. The molecule has 1 saturated carbocycles. The highest BCUT2D eigenvalue weighted by molar-refractivity contribution is 6.11. The monoisotopic (exact) mass is 536 g/mol. The van der Waals surface area contributed by atoms with Crippen LogP contribution in [0.2, 0.25) is 0 Å². The van der Waals surface area contributed by atoms with Crippen LogP contribution in [0, 0.1) is 17.0 Å². The zero-order valence-corrected chi connectivity index (χ0v) is 22.3. The number of ketones is 1. The van der Waals surface area contributed by atoms with Gasteiger partial charge < -0.3 is 10.5 Å².